The van der Waals surface area contributed by atoms with Gasteiger partial charge in [0.2, 0.25) is 0 Å². The number of thiazole rings is 1. The Balaban J connectivity index is 1.72. The number of hydrogen-bond donors (Lipinski definition) is 1. The summed E-state index contributed by atoms with van der Waals surface area (Å²) in [6.07, 6.45) is -4.04. The Morgan fingerprint density at radius 1 is 1.15 bits per heavy atom. The number of hydrogen-bond acceptors (Lipinski definition) is 4. The maximum atomic E-state index is 13.0. The molecule has 3 rings (SSSR count). The van der Waals surface area contributed by atoms with E-state index in [1.165, 1.54) is 34.9 Å². The quantitative estimate of drug-likeness (QED) is 0.664. The zero-order valence-corrected chi connectivity index (χ0v) is 15.0. The summed E-state index contributed by atoms with van der Waals surface area (Å²) in [5.41, 5.74) is -0.119. The van der Waals surface area contributed by atoms with E-state index in [4.69, 9.17) is 4.74 Å². The van der Waals surface area contributed by atoms with Gasteiger partial charge in [-0.25, -0.2) is 4.98 Å². The molecule has 3 aromatic rings. The predicted molar refractivity (Wildman–Crippen MR) is 97.3 cm³/mol. The van der Waals surface area contributed by atoms with Crippen molar-refractivity contribution in [3.63, 3.8) is 0 Å². The molecule has 0 aliphatic rings. The number of rotatable bonds is 5. The van der Waals surface area contributed by atoms with Crippen LogP contribution in [0.1, 0.15) is 26.6 Å². The highest BCUT2D eigenvalue weighted by molar-refractivity contribution is 7.09. The lowest BCUT2D eigenvalue weighted by atomic mass is 10.1. The van der Waals surface area contributed by atoms with Crippen molar-refractivity contribution >= 4 is 22.9 Å². The second kappa shape index (κ2) is 7.79. The smallest absolute Gasteiger partial charge is 0.418 e. The van der Waals surface area contributed by atoms with E-state index in [2.05, 4.69) is 10.3 Å². The Kier molecular flexibility index (Phi) is 5.46. The molecule has 1 aromatic heterocycles. The van der Waals surface area contributed by atoms with Crippen molar-refractivity contribution in [2.45, 2.75) is 12.6 Å². The van der Waals surface area contributed by atoms with Crippen molar-refractivity contribution in [2.75, 3.05) is 12.4 Å². The summed E-state index contributed by atoms with van der Waals surface area (Å²) in [5.74, 6) is 0.0604. The van der Waals surface area contributed by atoms with Crippen LogP contribution in [0.2, 0.25) is 0 Å². The molecule has 0 saturated carbocycles. The van der Waals surface area contributed by atoms with E-state index in [0.717, 1.165) is 17.4 Å². The fourth-order valence-corrected chi connectivity index (χ4v) is 3.25. The number of anilines is 1. The van der Waals surface area contributed by atoms with Crippen LogP contribution in [-0.4, -0.2) is 18.0 Å². The van der Waals surface area contributed by atoms with Gasteiger partial charge in [-0.05, 0) is 29.8 Å². The number of aromatic nitrogens is 1. The topological polar surface area (TPSA) is 51.2 Å². The number of benzene rings is 2. The molecule has 0 spiro atoms. The van der Waals surface area contributed by atoms with Gasteiger partial charge in [0.1, 0.15) is 11.4 Å². The van der Waals surface area contributed by atoms with Crippen LogP contribution in [0.4, 0.5) is 18.9 Å². The van der Waals surface area contributed by atoms with Crippen molar-refractivity contribution in [2.24, 2.45) is 0 Å². The first-order valence-corrected chi connectivity index (χ1v) is 8.79. The highest BCUT2D eigenvalue weighted by Gasteiger charge is 2.33. The van der Waals surface area contributed by atoms with Crippen LogP contribution in [0.15, 0.2) is 53.9 Å². The van der Waals surface area contributed by atoms with Crippen LogP contribution in [0.3, 0.4) is 0 Å². The van der Waals surface area contributed by atoms with Gasteiger partial charge in [0.05, 0.1) is 23.4 Å². The highest BCUT2D eigenvalue weighted by Crippen LogP contribution is 2.34. The Bertz CT molecular complexity index is 937. The van der Waals surface area contributed by atoms with Gasteiger partial charge in [0.25, 0.3) is 5.91 Å². The molecular formula is C19H15F3N2O2S. The second-order valence-corrected chi connectivity index (χ2v) is 6.59. The van der Waals surface area contributed by atoms with Crippen molar-refractivity contribution in [3.05, 3.63) is 75.7 Å². The van der Waals surface area contributed by atoms with E-state index in [0.29, 0.717) is 11.4 Å². The number of alkyl halides is 3. The number of ether oxygens (including phenoxy) is 1. The average Bonchev–Trinajstić information content (AvgIpc) is 3.10. The van der Waals surface area contributed by atoms with E-state index in [9.17, 15) is 18.0 Å². The monoisotopic (exact) mass is 392 g/mol. The molecule has 1 N–H and O–H groups in total. The standard InChI is InChI=1S/C19H15F3N2O2S/c1-26-13-8-6-12(7-9-13)10-17-23-16(11-27-17)18(25)24-15-5-3-2-4-14(15)19(20,21)22/h2-9,11H,10H2,1H3,(H,24,25). The van der Waals surface area contributed by atoms with Crippen LogP contribution >= 0.6 is 11.3 Å². The summed E-state index contributed by atoms with van der Waals surface area (Å²) in [5, 5.41) is 4.52. The third-order valence-corrected chi connectivity index (χ3v) is 4.63. The first-order chi connectivity index (χ1) is 12.9. The summed E-state index contributed by atoms with van der Waals surface area (Å²) < 4.78 is 44.2. The van der Waals surface area contributed by atoms with Crippen molar-refractivity contribution in [3.8, 4) is 5.75 Å². The molecule has 140 valence electrons. The Hall–Kier alpha value is -2.87. The number of amides is 1. The first kappa shape index (κ1) is 18.9. The number of carbonyl (C=O) groups excluding carboxylic acids is 1. The maximum absolute atomic E-state index is 13.0. The first-order valence-electron chi connectivity index (χ1n) is 7.91. The molecule has 0 unspecified atom stereocenters. The van der Waals surface area contributed by atoms with Crippen molar-refractivity contribution in [1.82, 2.24) is 4.98 Å². The Labute approximate surface area is 157 Å². The van der Waals surface area contributed by atoms with Crippen LogP contribution < -0.4 is 10.1 Å². The second-order valence-electron chi connectivity index (χ2n) is 5.65. The van der Waals surface area contributed by atoms with E-state index >= 15 is 0 Å². The fourth-order valence-electron chi connectivity index (χ4n) is 2.44. The number of para-hydroxylation sites is 1. The molecule has 0 bridgehead atoms. The SMILES string of the molecule is COc1ccc(Cc2nc(C(=O)Nc3ccccc3C(F)(F)F)cs2)cc1. The molecule has 0 aliphatic carbocycles. The molecule has 27 heavy (non-hydrogen) atoms. The third kappa shape index (κ3) is 4.65. The number of halogens is 3. The molecular weight excluding hydrogens is 377 g/mol. The molecule has 8 heteroatoms. The van der Waals surface area contributed by atoms with Crippen LogP contribution in [0, 0.1) is 0 Å². The molecule has 1 heterocycles. The van der Waals surface area contributed by atoms with E-state index in [1.54, 1.807) is 7.11 Å². The summed E-state index contributed by atoms with van der Waals surface area (Å²) in [6.45, 7) is 0. The van der Waals surface area contributed by atoms with Crippen LogP contribution in [0.5, 0.6) is 5.75 Å². The van der Waals surface area contributed by atoms with Crippen LogP contribution in [-0.2, 0) is 12.6 Å². The van der Waals surface area contributed by atoms with Gasteiger partial charge in [-0.2, -0.15) is 13.2 Å². The van der Waals surface area contributed by atoms with Gasteiger partial charge < -0.3 is 10.1 Å². The minimum Gasteiger partial charge on any atom is -0.497 e. The number of methoxy groups -OCH3 is 1. The van der Waals surface area contributed by atoms with Crippen molar-refractivity contribution < 1.29 is 22.7 Å². The molecule has 0 radical (unpaired) electrons. The fraction of sp³-hybridized carbons (Fsp3) is 0.158. The zero-order valence-electron chi connectivity index (χ0n) is 14.2. The Morgan fingerprint density at radius 3 is 2.52 bits per heavy atom. The van der Waals surface area contributed by atoms with E-state index in [1.807, 2.05) is 24.3 Å². The number of carbonyl (C=O) groups is 1. The predicted octanol–water partition coefficient (Wildman–Crippen LogP) is 5.01. The van der Waals surface area contributed by atoms with Gasteiger partial charge in [-0.15, -0.1) is 11.3 Å². The number of nitrogens with one attached hydrogen (secondary N) is 1. The summed E-state index contributed by atoms with van der Waals surface area (Å²) >= 11 is 1.28. The van der Waals surface area contributed by atoms with Gasteiger partial charge in [-0.1, -0.05) is 24.3 Å². The van der Waals surface area contributed by atoms with Gasteiger partial charge in [-0.3, -0.25) is 4.79 Å². The molecule has 0 saturated heterocycles. The molecule has 0 atom stereocenters. The average molecular weight is 392 g/mol. The Morgan fingerprint density at radius 2 is 1.85 bits per heavy atom. The molecule has 2 aromatic carbocycles. The molecule has 0 aliphatic heterocycles. The van der Waals surface area contributed by atoms with E-state index < -0.39 is 17.6 Å². The zero-order chi connectivity index (χ0) is 19.4. The van der Waals surface area contributed by atoms with E-state index in [-0.39, 0.29) is 11.4 Å². The van der Waals surface area contributed by atoms with Crippen molar-refractivity contribution in [1.29, 1.82) is 0 Å². The van der Waals surface area contributed by atoms with Gasteiger partial charge in [0.15, 0.2) is 0 Å². The lowest BCUT2D eigenvalue weighted by Gasteiger charge is -2.12. The normalized spacial score (nSPS) is 11.3. The minimum atomic E-state index is -4.55. The molecule has 0 fully saturated rings. The maximum Gasteiger partial charge on any atom is 0.418 e. The van der Waals surface area contributed by atoms with Crippen LogP contribution in [0.25, 0.3) is 0 Å². The lowest BCUT2D eigenvalue weighted by molar-refractivity contribution is -0.136. The van der Waals surface area contributed by atoms with Gasteiger partial charge in [0, 0.05) is 11.8 Å². The minimum absolute atomic E-state index is 0.0838. The molecule has 1 amide bonds. The van der Waals surface area contributed by atoms with Gasteiger partial charge >= 0.3 is 6.18 Å². The largest absolute Gasteiger partial charge is 0.497 e. The highest BCUT2D eigenvalue weighted by atomic mass is 32.1. The number of nitrogens with zero attached hydrogens (tertiary/aromatic N) is 1. The summed E-state index contributed by atoms with van der Waals surface area (Å²) in [6, 6.07) is 12.3. The summed E-state index contributed by atoms with van der Waals surface area (Å²) in [7, 11) is 1.58. The lowest BCUT2D eigenvalue weighted by Crippen LogP contribution is -2.17. The third-order valence-electron chi connectivity index (χ3n) is 3.78. The molecule has 4 nitrogen and oxygen atoms in total. The summed E-state index contributed by atoms with van der Waals surface area (Å²) in [4.78, 5) is 16.5.